The molecule has 27 heavy (non-hydrogen) atoms. The topological polar surface area (TPSA) is 83.8 Å². The van der Waals surface area contributed by atoms with E-state index in [-0.39, 0.29) is 29.3 Å². The zero-order valence-electron chi connectivity index (χ0n) is 14.5. The molecule has 0 spiro atoms. The average Bonchev–Trinajstić information content (AvgIpc) is 3.04. The molecule has 2 saturated heterocycles. The van der Waals surface area contributed by atoms with Crippen LogP contribution in [0.3, 0.4) is 0 Å². The number of sulfone groups is 1. The molecule has 2 aliphatic rings. The van der Waals surface area contributed by atoms with Gasteiger partial charge in [0.2, 0.25) is 0 Å². The van der Waals surface area contributed by atoms with Crippen molar-refractivity contribution in [2.45, 2.75) is 19.0 Å². The Balaban J connectivity index is 1.79. The zero-order chi connectivity index (χ0) is 19.3. The van der Waals surface area contributed by atoms with Crippen molar-refractivity contribution in [3.8, 4) is 0 Å². The van der Waals surface area contributed by atoms with Crippen molar-refractivity contribution in [3.63, 3.8) is 0 Å². The number of nitrogens with zero attached hydrogens (tertiary/aromatic N) is 3. The van der Waals surface area contributed by atoms with Crippen molar-refractivity contribution in [2.75, 3.05) is 21.3 Å². The van der Waals surface area contributed by atoms with Crippen LogP contribution in [0.5, 0.6) is 0 Å². The molecule has 0 N–H and O–H groups in total. The first-order valence-electron chi connectivity index (χ1n) is 8.41. The van der Waals surface area contributed by atoms with E-state index in [1.165, 1.54) is 12.1 Å². The summed E-state index contributed by atoms with van der Waals surface area (Å²) in [5.41, 5.74) is 2.54. The Bertz CT molecular complexity index is 1040. The highest BCUT2D eigenvalue weighted by molar-refractivity contribution is 7.91. The molecule has 2 aromatic rings. The fraction of sp³-hybridized carbons (Fsp3) is 0.278. The second kappa shape index (κ2) is 6.28. The van der Waals surface area contributed by atoms with Gasteiger partial charge in [0.05, 0.1) is 28.5 Å². The number of anilines is 2. The lowest BCUT2D eigenvalue weighted by Crippen LogP contribution is -2.38. The second-order valence-electron chi connectivity index (χ2n) is 6.79. The van der Waals surface area contributed by atoms with E-state index in [1.807, 2.05) is 41.0 Å². The minimum absolute atomic E-state index is 0.0111. The summed E-state index contributed by atoms with van der Waals surface area (Å²) < 4.78 is 24.7. The predicted molar refractivity (Wildman–Crippen MR) is 108 cm³/mol. The highest BCUT2D eigenvalue weighted by Gasteiger charge is 2.52. The highest BCUT2D eigenvalue weighted by atomic mass is 32.2. The molecule has 0 aromatic heterocycles. The van der Waals surface area contributed by atoms with Gasteiger partial charge in [-0.1, -0.05) is 18.2 Å². The van der Waals surface area contributed by atoms with Crippen molar-refractivity contribution in [1.82, 2.24) is 0 Å². The third-order valence-electron chi connectivity index (χ3n) is 5.08. The number of aryl methyl sites for hydroxylation is 1. The Morgan fingerprint density at radius 1 is 1.04 bits per heavy atom. The predicted octanol–water partition coefficient (Wildman–Crippen LogP) is 2.68. The fourth-order valence-corrected chi connectivity index (χ4v) is 6.25. The van der Waals surface area contributed by atoms with Crippen LogP contribution in [0.4, 0.5) is 17.1 Å². The molecule has 0 saturated carbocycles. The van der Waals surface area contributed by atoms with Gasteiger partial charge in [-0.25, -0.2) is 8.42 Å². The Kier molecular flexibility index (Phi) is 4.15. The maximum atomic E-state index is 12.3. The number of benzene rings is 2. The van der Waals surface area contributed by atoms with Gasteiger partial charge in [-0.2, -0.15) is 0 Å². The van der Waals surface area contributed by atoms with E-state index in [0.717, 1.165) is 11.3 Å². The minimum atomic E-state index is -3.20. The van der Waals surface area contributed by atoms with Crippen molar-refractivity contribution in [3.05, 3.63) is 64.2 Å². The number of non-ortho nitro benzene ring substituents is 1. The lowest BCUT2D eigenvalue weighted by Gasteiger charge is -2.26. The van der Waals surface area contributed by atoms with Crippen molar-refractivity contribution in [1.29, 1.82) is 0 Å². The molecule has 2 unspecified atom stereocenters. The van der Waals surface area contributed by atoms with Gasteiger partial charge in [0, 0.05) is 23.5 Å². The molecule has 0 amide bonds. The third kappa shape index (κ3) is 2.96. The number of para-hydroxylation sites is 1. The smallest absolute Gasteiger partial charge is 0.269 e. The highest BCUT2D eigenvalue weighted by Crippen LogP contribution is 2.39. The first-order chi connectivity index (χ1) is 12.8. The van der Waals surface area contributed by atoms with E-state index >= 15 is 0 Å². The van der Waals surface area contributed by atoms with Crippen LogP contribution in [0.1, 0.15) is 5.56 Å². The molecular formula is C18H17N3O4S2. The number of rotatable bonds is 3. The molecule has 2 heterocycles. The van der Waals surface area contributed by atoms with Gasteiger partial charge in [0.15, 0.2) is 14.9 Å². The molecule has 0 aliphatic carbocycles. The van der Waals surface area contributed by atoms with Crippen LogP contribution in [0.2, 0.25) is 0 Å². The number of nitro benzene ring substituents is 1. The van der Waals surface area contributed by atoms with E-state index in [0.29, 0.717) is 10.8 Å². The van der Waals surface area contributed by atoms with E-state index in [1.54, 1.807) is 12.1 Å². The molecule has 4 rings (SSSR count). The van der Waals surface area contributed by atoms with Crippen LogP contribution in [0, 0.1) is 17.0 Å². The van der Waals surface area contributed by atoms with Crippen molar-refractivity contribution < 1.29 is 13.3 Å². The molecule has 0 bridgehead atoms. The molecule has 9 heteroatoms. The largest absolute Gasteiger partial charge is 0.312 e. The Labute approximate surface area is 162 Å². The number of nitro groups is 1. The molecule has 0 radical (unpaired) electrons. The quantitative estimate of drug-likeness (QED) is 0.443. The summed E-state index contributed by atoms with van der Waals surface area (Å²) in [5, 5.41) is 11.4. The van der Waals surface area contributed by atoms with E-state index in [4.69, 9.17) is 12.2 Å². The van der Waals surface area contributed by atoms with E-state index in [9.17, 15) is 18.5 Å². The van der Waals surface area contributed by atoms with Gasteiger partial charge >= 0.3 is 0 Å². The fourth-order valence-electron chi connectivity index (χ4n) is 3.86. The van der Waals surface area contributed by atoms with Crippen molar-refractivity contribution in [2.24, 2.45) is 0 Å². The number of fused-ring (bicyclic) bond motifs is 1. The molecule has 2 aliphatic heterocycles. The van der Waals surface area contributed by atoms with Crippen LogP contribution in [-0.4, -0.2) is 42.0 Å². The number of thiocarbonyl (C=S) groups is 1. The van der Waals surface area contributed by atoms with E-state index < -0.39 is 14.8 Å². The van der Waals surface area contributed by atoms with Gasteiger partial charge in [-0.15, -0.1) is 0 Å². The minimum Gasteiger partial charge on any atom is -0.312 e. The molecule has 140 valence electrons. The Morgan fingerprint density at radius 2 is 1.63 bits per heavy atom. The molecule has 2 atom stereocenters. The van der Waals surface area contributed by atoms with Gasteiger partial charge < -0.3 is 9.80 Å². The van der Waals surface area contributed by atoms with Gasteiger partial charge in [0.1, 0.15) is 0 Å². The summed E-state index contributed by atoms with van der Waals surface area (Å²) in [6.45, 7) is 1.96. The van der Waals surface area contributed by atoms with Crippen LogP contribution < -0.4 is 9.80 Å². The summed E-state index contributed by atoms with van der Waals surface area (Å²) in [6, 6.07) is 13.2. The summed E-state index contributed by atoms with van der Waals surface area (Å²) in [6.07, 6.45) is 0. The van der Waals surface area contributed by atoms with Gasteiger partial charge in [-0.3, -0.25) is 10.1 Å². The van der Waals surface area contributed by atoms with Crippen molar-refractivity contribution >= 4 is 44.2 Å². The molecule has 2 aromatic carbocycles. The summed E-state index contributed by atoms with van der Waals surface area (Å²) in [4.78, 5) is 14.2. The molecular weight excluding hydrogens is 386 g/mol. The normalized spacial score (nSPS) is 23.5. The number of hydrogen-bond acceptors (Lipinski definition) is 5. The average molecular weight is 403 g/mol. The van der Waals surface area contributed by atoms with Crippen LogP contribution in [0.15, 0.2) is 48.5 Å². The van der Waals surface area contributed by atoms with Crippen LogP contribution in [0.25, 0.3) is 0 Å². The maximum absolute atomic E-state index is 12.3. The third-order valence-corrected chi connectivity index (χ3v) is 7.17. The van der Waals surface area contributed by atoms with Gasteiger partial charge in [0.25, 0.3) is 5.69 Å². The lowest BCUT2D eigenvalue weighted by atomic mass is 10.1. The Morgan fingerprint density at radius 3 is 2.22 bits per heavy atom. The number of hydrogen-bond donors (Lipinski definition) is 0. The van der Waals surface area contributed by atoms with Gasteiger partial charge in [-0.05, 0) is 42.9 Å². The van der Waals surface area contributed by atoms with E-state index in [2.05, 4.69) is 0 Å². The summed E-state index contributed by atoms with van der Waals surface area (Å²) >= 11 is 5.72. The summed E-state index contributed by atoms with van der Waals surface area (Å²) in [7, 11) is -3.20. The monoisotopic (exact) mass is 403 g/mol. The first-order valence-corrected chi connectivity index (χ1v) is 10.6. The Hall–Kier alpha value is -2.52. The second-order valence-corrected chi connectivity index (χ2v) is 9.31. The summed E-state index contributed by atoms with van der Waals surface area (Å²) in [5.74, 6) is 0.0484. The maximum Gasteiger partial charge on any atom is 0.269 e. The SMILES string of the molecule is Cc1ccccc1N1C(=S)N(c2ccc([N+](=O)[O-])cc2)C2CS(=O)(=O)CC21. The standard InChI is InChI=1S/C18H17N3O4S2/c1-12-4-2-3-5-15(12)20-17-11-27(24,25)10-16(17)19(18(20)26)13-6-8-14(9-7-13)21(22)23/h2-9,16-17H,10-11H2,1H3. The first kappa shape index (κ1) is 17.9. The van der Waals surface area contributed by atoms with Crippen LogP contribution >= 0.6 is 12.2 Å². The molecule has 2 fully saturated rings. The zero-order valence-corrected chi connectivity index (χ0v) is 16.1. The lowest BCUT2D eigenvalue weighted by molar-refractivity contribution is -0.384. The molecule has 7 nitrogen and oxygen atoms in total. The van der Waals surface area contributed by atoms with Crippen LogP contribution in [-0.2, 0) is 9.84 Å².